The predicted octanol–water partition coefficient (Wildman–Crippen LogP) is 2.83. The van der Waals surface area contributed by atoms with E-state index in [1.54, 1.807) is 6.07 Å². The van der Waals surface area contributed by atoms with E-state index in [4.69, 9.17) is 0 Å². The van der Waals surface area contributed by atoms with Gasteiger partial charge in [-0.2, -0.15) is 0 Å². The van der Waals surface area contributed by atoms with Crippen LogP contribution < -0.4 is 4.72 Å². The predicted molar refractivity (Wildman–Crippen MR) is 78.2 cm³/mol. The van der Waals surface area contributed by atoms with Gasteiger partial charge in [0, 0.05) is 0 Å². The lowest BCUT2D eigenvalue weighted by atomic mass is 9.72. The van der Waals surface area contributed by atoms with E-state index in [0.717, 1.165) is 12.0 Å². The smallest absolute Gasteiger partial charge is 0.266 e. The summed E-state index contributed by atoms with van der Waals surface area (Å²) in [7, 11) is -3.65. The number of sulfonamides is 1. The molecule has 1 aliphatic rings. The average Bonchev–Trinajstić information content (AvgIpc) is 2.46. The van der Waals surface area contributed by atoms with Crippen LogP contribution in [0.15, 0.2) is 23.1 Å². The summed E-state index contributed by atoms with van der Waals surface area (Å²) in [5.41, 5.74) is 1.26. The van der Waals surface area contributed by atoms with Crippen molar-refractivity contribution >= 4 is 15.9 Å². The Hall–Kier alpha value is -1.36. The Kier molecular flexibility index (Phi) is 3.25. The highest BCUT2D eigenvalue weighted by molar-refractivity contribution is 7.90. The molecule has 2 rings (SSSR count). The molecule has 0 bridgehead atoms. The van der Waals surface area contributed by atoms with E-state index in [0.29, 0.717) is 0 Å². The Labute approximate surface area is 120 Å². The molecule has 0 unspecified atom stereocenters. The standard InChI is InChI=1S/C15H21NO3S/c1-14(2,3)9-15(4,5)10-6-7-12-11(8-10)13(17)16-20(12,18)19/h6-8H,9H2,1-5H3,(H,16,17). The van der Waals surface area contributed by atoms with Crippen LogP contribution in [0.4, 0.5) is 0 Å². The van der Waals surface area contributed by atoms with Gasteiger partial charge in [-0.1, -0.05) is 40.7 Å². The van der Waals surface area contributed by atoms with E-state index in [-0.39, 0.29) is 21.3 Å². The van der Waals surface area contributed by atoms with Crippen LogP contribution in [0, 0.1) is 5.41 Å². The first kappa shape index (κ1) is 15.0. The molecule has 0 saturated carbocycles. The van der Waals surface area contributed by atoms with Gasteiger partial charge in [0.05, 0.1) is 5.56 Å². The molecule has 110 valence electrons. The number of benzene rings is 1. The van der Waals surface area contributed by atoms with Crippen molar-refractivity contribution in [2.45, 2.75) is 51.3 Å². The van der Waals surface area contributed by atoms with E-state index in [1.807, 2.05) is 10.8 Å². The van der Waals surface area contributed by atoms with Gasteiger partial charge in [-0.15, -0.1) is 0 Å². The van der Waals surface area contributed by atoms with Gasteiger partial charge in [0.15, 0.2) is 0 Å². The minimum Gasteiger partial charge on any atom is -0.268 e. The van der Waals surface area contributed by atoms with Crippen molar-refractivity contribution in [1.82, 2.24) is 4.72 Å². The number of nitrogens with one attached hydrogen (secondary N) is 1. The second-order valence-electron chi connectivity index (χ2n) is 7.27. The minimum absolute atomic E-state index is 0.0813. The van der Waals surface area contributed by atoms with Gasteiger partial charge in [-0.05, 0) is 34.9 Å². The number of rotatable bonds is 2. The topological polar surface area (TPSA) is 63.2 Å². The van der Waals surface area contributed by atoms with Gasteiger partial charge in [0.2, 0.25) is 0 Å². The summed E-state index contributed by atoms with van der Waals surface area (Å²) < 4.78 is 25.5. The lowest BCUT2D eigenvalue weighted by molar-refractivity contribution is 0.0985. The van der Waals surface area contributed by atoms with E-state index < -0.39 is 15.9 Å². The maximum Gasteiger partial charge on any atom is 0.266 e. The molecule has 0 fully saturated rings. The van der Waals surface area contributed by atoms with E-state index in [1.165, 1.54) is 6.07 Å². The zero-order valence-electron chi connectivity index (χ0n) is 12.6. The first-order valence-electron chi connectivity index (χ1n) is 6.64. The quantitative estimate of drug-likeness (QED) is 0.912. The van der Waals surface area contributed by atoms with Gasteiger partial charge < -0.3 is 0 Å². The van der Waals surface area contributed by atoms with Crippen LogP contribution in [0.2, 0.25) is 0 Å². The highest BCUT2D eigenvalue weighted by Gasteiger charge is 2.35. The summed E-state index contributed by atoms with van der Waals surface area (Å²) in [6, 6.07) is 5.05. The van der Waals surface area contributed by atoms with Crippen LogP contribution in [0.1, 0.15) is 57.0 Å². The van der Waals surface area contributed by atoms with Crippen molar-refractivity contribution in [3.8, 4) is 0 Å². The molecule has 0 saturated heterocycles. The van der Waals surface area contributed by atoms with Crippen molar-refractivity contribution in [3.63, 3.8) is 0 Å². The van der Waals surface area contributed by atoms with Crippen molar-refractivity contribution < 1.29 is 13.2 Å². The second kappa shape index (κ2) is 4.32. The largest absolute Gasteiger partial charge is 0.268 e. The zero-order valence-corrected chi connectivity index (χ0v) is 13.4. The molecule has 5 heteroatoms. The van der Waals surface area contributed by atoms with Gasteiger partial charge in [0.25, 0.3) is 15.9 Å². The maximum absolute atomic E-state index is 11.8. The van der Waals surface area contributed by atoms with Crippen molar-refractivity contribution in [1.29, 1.82) is 0 Å². The number of hydrogen-bond donors (Lipinski definition) is 1. The SMILES string of the molecule is CC(C)(C)CC(C)(C)c1ccc2c(c1)C(=O)NS2(=O)=O. The number of fused-ring (bicyclic) bond motifs is 1. The van der Waals surface area contributed by atoms with Crippen LogP contribution in [0.25, 0.3) is 0 Å². The van der Waals surface area contributed by atoms with Crippen molar-refractivity contribution in [2.24, 2.45) is 5.41 Å². The first-order valence-corrected chi connectivity index (χ1v) is 8.12. The van der Waals surface area contributed by atoms with Crippen molar-refractivity contribution in [3.05, 3.63) is 29.3 Å². The third kappa shape index (κ3) is 2.73. The zero-order chi connectivity index (χ0) is 15.3. The average molecular weight is 295 g/mol. The van der Waals surface area contributed by atoms with E-state index in [9.17, 15) is 13.2 Å². The number of amides is 1. The molecular weight excluding hydrogens is 274 g/mol. The Morgan fingerprint density at radius 1 is 1.10 bits per heavy atom. The van der Waals surface area contributed by atoms with Crippen molar-refractivity contribution in [2.75, 3.05) is 0 Å². The first-order chi connectivity index (χ1) is 8.92. The molecular formula is C15H21NO3S. The summed E-state index contributed by atoms with van der Waals surface area (Å²) >= 11 is 0. The van der Waals surface area contributed by atoms with Gasteiger partial charge in [-0.25, -0.2) is 13.1 Å². The molecule has 1 aromatic rings. The molecule has 0 spiro atoms. The molecule has 4 nitrogen and oxygen atoms in total. The van der Waals surface area contributed by atoms with E-state index >= 15 is 0 Å². The van der Waals surface area contributed by atoms with Crippen LogP contribution in [0.3, 0.4) is 0 Å². The summed E-state index contributed by atoms with van der Waals surface area (Å²) in [4.78, 5) is 11.8. The van der Waals surface area contributed by atoms with Crippen LogP contribution >= 0.6 is 0 Å². The highest BCUT2D eigenvalue weighted by atomic mass is 32.2. The third-order valence-electron chi connectivity index (χ3n) is 3.49. The summed E-state index contributed by atoms with van der Waals surface area (Å²) in [5.74, 6) is -0.534. The number of carbonyl (C=O) groups excluding carboxylic acids is 1. The molecule has 20 heavy (non-hydrogen) atoms. The fraction of sp³-hybridized carbons (Fsp3) is 0.533. The normalized spacial score (nSPS) is 17.8. The van der Waals surface area contributed by atoms with Gasteiger partial charge in [0.1, 0.15) is 4.90 Å². The van der Waals surface area contributed by atoms with Gasteiger partial charge in [-0.3, -0.25) is 4.79 Å². The minimum atomic E-state index is -3.65. The molecule has 0 aromatic heterocycles. The molecule has 1 aromatic carbocycles. The second-order valence-corrected chi connectivity index (χ2v) is 8.92. The van der Waals surface area contributed by atoms with Crippen LogP contribution in [-0.2, 0) is 15.4 Å². The summed E-state index contributed by atoms with van der Waals surface area (Å²) in [6.07, 6.45) is 0.938. The molecule has 1 aliphatic heterocycles. The third-order valence-corrected chi connectivity index (χ3v) is 4.88. The Morgan fingerprint density at radius 2 is 1.70 bits per heavy atom. The maximum atomic E-state index is 11.8. The fourth-order valence-corrected chi connectivity index (χ4v) is 4.17. The van der Waals surface area contributed by atoms with Gasteiger partial charge >= 0.3 is 0 Å². The molecule has 1 N–H and O–H groups in total. The highest BCUT2D eigenvalue weighted by Crippen LogP contribution is 2.37. The van der Waals surface area contributed by atoms with Crippen LogP contribution in [0.5, 0.6) is 0 Å². The summed E-state index contributed by atoms with van der Waals surface area (Å²) in [5, 5.41) is 0. The Balaban J connectivity index is 2.48. The molecule has 0 atom stereocenters. The molecule has 1 heterocycles. The Morgan fingerprint density at radius 3 is 2.25 bits per heavy atom. The van der Waals surface area contributed by atoms with Crippen LogP contribution in [-0.4, -0.2) is 14.3 Å². The number of carbonyl (C=O) groups is 1. The lowest BCUT2D eigenvalue weighted by Crippen LogP contribution is -2.25. The Bertz CT molecular complexity index is 667. The lowest BCUT2D eigenvalue weighted by Gasteiger charge is -2.33. The number of hydrogen-bond acceptors (Lipinski definition) is 3. The summed E-state index contributed by atoms with van der Waals surface area (Å²) in [6.45, 7) is 10.7. The fourth-order valence-electron chi connectivity index (χ4n) is 3.02. The molecule has 1 amide bonds. The monoisotopic (exact) mass is 295 g/mol. The molecule has 0 radical (unpaired) electrons. The van der Waals surface area contributed by atoms with E-state index in [2.05, 4.69) is 34.6 Å². The molecule has 0 aliphatic carbocycles.